The van der Waals surface area contributed by atoms with Gasteiger partial charge in [0.1, 0.15) is 11.8 Å². The van der Waals surface area contributed by atoms with Crippen molar-refractivity contribution < 1.29 is 14.3 Å². The molecule has 1 aliphatic heterocycles. The highest BCUT2D eigenvalue weighted by atomic mass is 32.1. The molecule has 1 aliphatic rings. The maximum absolute atomic E-state index is 12.9. The minimum Gasteiger partial charge on any atom is -0.496 e. The zero-order valence-corrected chi connectivity index (χ0v) is 16.8. The van der Waals surface area contributed by atoms with Gasteiger partial charge in [0.2, 0.25) is 11.8 Å². The third-order valence-electron chi connectivity index (χ3n) is 4.99. The topological polar surface area (TPSA) is 58.6 Å². The van der Waals surface area contributed by atoms with Gasteiger partial charge < -0.3 is 15.0 Å². The number of amides is 2. The number of ether oxygens (including phenoxy) is 1. The zero-order valence-electron chi connectivity index (χ0n) is 16.0. The quantitative estimate of drug-likeness (QED) is 0.827. The summed E-state index contributed by atoms with van der Waals surface area (Å²) in [4.78, 5) is 28.3. The molecule has 1 aromatic carbocycles. The first kappa shape index (κ1) is 19.4. The van der Waals surface area contributed by atoms with Crippen molar-refractivity contribution in [2.24, 2.45) is 0 Å². The van der Waals surface area contributed by atoms with Crippen molar-refractivity contribution in [3.63, 3.8) is 0 Å². The van der Waals surface area contributed by atoms with Crippen LogP contribution in [-0.2, 0) is 16.0 Å². The molecule has 6 heteroatoms. The Morgan fingerprint density at radius 3 is 2.89 bits per heavy atom. The number of thiophene rings is 1. The van der Waals surface area contributed by atoms with Crippen LogP contribution in [0.25, 0.3) is 0 Å². The highest BCUT2D eigenvalue weighted by Gasteiger charge is 2.34. The van der Waals surface area contributed by atoms with Crippen LogP contribution in [0, 0.1) is 6.92 Å². The van der Waals surface area contributed by atoms with E-state index in [9.17, 15) is 9.59 Å². The zero-order chi connectivity index (χ0) is 19.4. The summed E-state index contributed by atoms with van der Waals surface area (Å²) in [6, 6.07) is 9.24. The minimum absolute atomic E-state index is 0.0240. The number of nitrogens with one attached hydrogen (secondary N) is 1. The second-order valence-electron chi connectivity index (χ2n) is 6.98. The fourth-order valence-corrected chi connectivity index (χ4v) is 4.28. The van der Waals surface area contributed by atoms with E-state index in [0.29, 0.717) is 19.4 Å². The number of rotatable bonds is 6. The number of methoxy groups -OCH3 is 1. The number of hydrogen-bond acceptors (Lipinski definition) is 4. The molecule has 1 aromatic heterocycles. The predicted molar refractivity (Wildman–Crippen MR) is 107 cm³/mol. The number of benzene rings is 1. The SMILES string of the molecule is COc1ccc(C)cc1C(C)NC(=O)C1CCCN1C(=O)Cc1cccs1. The van der Waals surface area contributed by atoms with Crippen LogP contribution >= 0.6 is 11.3 Å². The van der Waals surface area contributed by atoms with Crippen LogP contribution in [0.2, 0.25) is 0 Å². The molecule has 0 bridgehead atoms. The van der Waals surface area contributed by atoms with Crippen molar-refractivity contribution in [2.75, 3.05) is 13.7 Å². The van der Waals surface area contributed by atoms with Crippen molar-refractivity contribution in [2.45, 2.75) is 45.2 Å². The van der Waals surface area contributed by atoms with Gasteiger partial charge in [-0.1, -0.05) is 23.8 Å². The molecule has 2 atom stereocenters. The van der Waals surface area contributed by atoms with Crippen LogP contribution < -0.4 is 10.1 Å². The van der Waals surface area contributed by atoms with Gasteiger partial charge in [-0.05, 0) is 44.2 Å². The summed E-state index contributed by atoms with van der Waals surface area (Å²) in [6.07, 6.45) is 1.93. The molecule has 144 valence electrons. The molecule has 1 saturated heterocycles. The van der Waals surface area contributed by atoms with Gasteiger partial charge in [0.05, 0.1) is 19.6 Å². The first-order valence-electron chi connectivity index (χ1n) is 9.26. The lowest BCUT2D eigenvalue weighted by molar-refractivity contribution is -0.138. The molecular formula is C21H26N2O3S. The van der Waals surface area contributed by atoms with Gasteiger partial charge in [-0.25, -0.2) is 0 Å². The van der Waals surface area contributed by atoms with E-state index in [0.717, 1.165) is 28.2 Å². The molecule has 0 radical (unpaired) electrons. The first-order chi connectivity index (χ1) is 13.0. The second kappa shape index (κ2) is 8.57. The van der Waals surface area contributed by atoms with E-state index in [-0.39, 0.29) is 17.9 Å². The molecule has 5 nitrogen and oxygen atoms in total. The number of carbonyl (C=O) groups is 2. The number of hydrogen-bond donors (Lipinski definition) is 1. The molecule has 2 unspecified atom stereocenters. The fraction of sp³-hybridized carbons (Fsp3) is 0.429. The monoisotopic (exact) mass is 386 g/mol. The lowest BCUT2D eigenvalue weighted by Gasteiger charge is -2.26. The van der Waals surface area contributed by atoms with Crippen LogP contribution in [-0.4, -0.2) is 36.4 Å². The van der Waals surface area contributed by atoms with Gasteiger partial charge in [-0.15, -0.1) is 11.3 Å². The normalized spacial score (nSPS) is 17.6. The van der Waals surface area contributed by atoms with Crippen molar-refractivity contribution in [1.29, 1.82) is 0 Å². The summed E-state index contributed by atoms with van der Waals surface area (Å²) in [6.45, 7) is 4.60. The van der Waals surface area contributed by atoms with E-state index in [2.05, 4.69) is 5.32 Å². The molecule has 0 spiro atoms. The van der Waals surface area contributed by atoms with Gasteiger partial charge in [0, 0.05) is 17.0 Å². The van der Waals surface area contributed by atoms with E-state index in [1.807, 2.05) is 49.6 Å². The second-order valence-corrected chi connectivity index (χ2v) is 8.01. The number of aryl methyl sites for hydroxylation is 1. The lowest BCUT2D eigenvalue weighted by Crippen LogP contribution is -2.47. The van der Waals surface area contributed by atoms with Gasteiger partial charge in [0.25, 0.3) is 0 Å². The molecule has 27 heavy (non-hydrogen) atoms. The third-order valence-corrected chi connectivity index (χ3v) is 5.87. The largest absolute Gasteiger partial charge is 0.496 e. The number of nitrogens with zero attached hydrogens (tertiary/aromatic N) is 1. The first-order valence-corrected chi connectivity index (χ1v) is 10.1. The van der Waals surface area contributed by atoms with Crippen molar-refractivity contribution >= 4 is 23.2 Å². The van der Waals surface area contributed by atoms with E-state index < -0.39 is 6.04 Å². The fourth-order valence-electron chi connectivity index (χ4n) is 3.58. The Labute approximate surface area is 164 Å². The molecular weight excluding hydrogens is 360 g/mol. The van der Waals surface area contributed by atoms with Gasteiger partial charge in [0.15, 0.2) is 0 Å². The van der Waals surface area contributed by atoms with E-state index in [1.54, 1.807) is 23.3 Å². The Morgan fingerprint density at radius 1 is 1.37 bits per heavy atom. The summed E-state index contributed by atoms with van der Waals surface area (Å²) in [5, 5.41) is 5.04. The summed E-state index contributed by atoms with van der Waals surface area (Å²) in [7, 11) is 1.63. The smallest absolute Gasteiger partial charge is 0.243 e. The maximum atomic E-state index is 12.9. The molecule has 2 aromatic rings. The Bertz CT molecular complexity index is 804. The highest BCUT2D eigenvalue weighted by molar-refractivity contribution is 7.10. The van der Waals surface area contributed by atoms with E-state index in [4.69, 9.17) is 4.74 Å². The van der Waals surface area contributed by atoms with Crippen molar-refractivity contribution in [3.8, 4) is 5.75 Å². The summed E-state index contributed by atoms with van der Waals surface area (Å²) < 4.78 is 5.43. The number of likely N-dealkylation sites (tertiary alicyclic amines) is 1. The molecule has 2 heterocycles. The Kier molecular flexibility index (Phi) is 6.16. The van der Waals surface area contributed by atoms with E-state index in [1.165, 1.54) is 0 Å². The minimum atomic E-state index is -0.393. The van der Waals surface area contributed by atoms with E-state index >= 15 is 0 Å². The van der Waals surface area contributed by atoms with Crippen molar-refractivity contribution in [3.05, 3.63) is 51.7 Å². The van der Waals surface area contributed by atoms with Gasteiger partial charge in [-0.2, -0.15) is 0 Å². The highest BCUT2D eigenvalue weighted by Crippen LogP contribution is 2.27. The van der Waals surface area contributed by atoms with Crippen molar-refractivity contribution in [1.82, 2.24) is 10.2 Å². The molecule has 1 fully saturated rings. The average Bonchev–Trinajstić information content (AvgIpc) is 3.33. The van der Waals surface area contributed by atoms with Crippen LogP contribution in [0.4, 0.5) is 0 Å². The molecule has 2 amide bonds. The van der Waals surface area contributed by atoms with Crippen LogP contribution in [0.3, 0.4) is 0 Å². The Morgan fingerprint density at radius 2 is 2.19 bits per heavy atom. The Hall–Kier alpha value is -2.34. The molecule has 0 saturated carbocycles. The Balaban J connectivity index is 1.67. The number of carbonyl (C=O) groups excluding carboxylic acids is 2. The standard InChI is InChI=1S/C21H26N2O3S/c1-14-8-9-19(26-3)17(12-14)15(2)22-21(25)18-7-4-10-23(18)20(24)13-16-6-5-11-27-16/h5-6,8-9,11-12,15,18H,4,7,10,13H2,1-3H3,(H,22,25). The third kappa shape index (κ3) is 4.50. The predicted octanol–water partition coefficient (Wildman–Crippen LogP) is 3.48. The van der Waals surface area contributed by atoms with Crippen LogP contribution in [0.1, 0.15) is 41.8 Å². The summed E-state index contributed by atoms with van der Waals surface area (Å²) in [5.74, 6) is 0.685. The summed E-state index contributed by atoms with van der Waals surface area (Å²) in [5.41, 5.74) is 2.06. The average molecular weight is 387 g/mol. The van der Waals surface area contributed by atoms with Gasteiger partial charge >= 0.3 is 0 Å². The van der Waals surface area contributed by atoms with Crippen LogP contribution in [0.15, 0.2) is 35.7 Å². The van der Waals surface area contributed by atoms with Gasteiger partial charge in [-0.3, -0.25) is 9.59 Å². The molecule has 0 aliphatic carbocycles. The maximum Gasteiger partial charge on any atom is 0.243 e. The molecule has 1 N–H and O–H groups in total. The summed E-state index contributed by atoms with van der Waals surface area (Å²) >= 11 is 1.57. The lowest BCUT2D eigenvalue weighted by atomic mass is 10.0. The van der Waals surface area contributed by atoms with Crippen LogP contribution in [0.5, 0.6) is 5.75 Å². The molecule has 3 rings (SSSR count).